The van der Waals surface area contributed by atoms with Gasteiger partial charge in [-0.3, -0.25) is 9.11 Å². The number of rotatable bonds is 7. The third-order valence-corrected chi connectivity index (χ3v) is 3.99. The number of hydrogen-bond acceptors (Lipinski definition) is 6. The summed E-state index contributed by atoms with van der Waals surface area (Å²) in [7, 11) is -8.51. The molecule has 106 valence electrons. The molecule has 0 spiro atoms. The first kappa shape index (κ1) is 35.0. The molecular formula is C6H20N2Na4O6S2. The van der Waals surface area contributed by atoms with Crippen molar-refractivity contribution in [2.45, 2.75) is 36.4 Å². The summed E-state index contributed by atoms with van der Waals surface area (Å²) in [6.45, 7) is 0. The molecule has 20 heavy (non-hydrogen) atoms. The van der Waals surface area contributed by atoms with Crippen LogP contribution < -0.4 is 11.5 Å². The van der Waals surface area contributed by atoms with E-state index in [1.807, 2.05) is 0 Å². The Kier molecular flexibility index (Phi) is 28.4. The molecule has 0 saturated carbocycles. The number of nitrogens with two attached hydrogens (primary N) is 2. The van der Waals surface area contributed by atoms with Crippen molar-refractivity contribution in [3.63, 3.8) is 0 Å². The van der Waals surface area contributed by atoms with Crippen LogP contribution in [0.3, 0.4) is 0 Å². The van der Waals surface area contributed by atoms with Crippen LogP contribution in [0, 0.1) is 0 Å². The Balaban J connectivity index is -0.000000187. The van der Waals surface area contributed by atoms with E-state index in [0.29, 0.717) is 0 Å². The van der Waals surface area contributed by atoms with Gasteiger partial charge in [-0.15, -0.1) is 0 Å². The zero-order valence-corrected chi connectivity index (χ0v) is 10.1. The average Bonchev–Trinajstić information content (AvgIpc) is 2.08. The van der Waals surface area contributed by atoms with Crippen LogP contribution in [-0.2, 0) is 20.2 Å². The molecule has 6 N–H and O–H groups in total. The molecule has 0 radical (unpaired) electrons. The van der Waals surface area contributed by atoms with Gasteiger partial charge in [0, 0.05) is 0 Å². The van der Waals surface area contributed by atoms with Crippen molar-refractivity contribution in [3.05, 3.63) is 0 Å². The van der Waals surface area contributed by atoms with Crippen molar-refractivity contribution in [1.29, 1.82) is 0 Å². The molecule has 0 aromatic rings. The molecular weight excluding hydrogens is 352 g/mol. The van der Waals surface area contributed by atoms with Gasteiger partial charge in [-0.1, -0.05) is 12.8 Å². The van der Waals surface area contributed by atoms with Crippen LogP contribution >= 0.6 is 0 Å². The summed E-state index contributed by atoms with van der Waals surface area (Å²) in [5, 5.41) is -2.76. The zero-order valence-electron chi connectivity index (χ0n) is 8.48. The normalized spacial score (nSPS) is 13.6. The van der Waals surface area contributed by atoms with Gasteiger partial charge in [0.15, 0.2) is 0 Å². The van der Waals surface area contributed by atoms with Crippen LogP contribution in [-0.4, -0.2) is 155 Å². The van der Waals surface area contributed by atoms with Gasteiger partial charge in [-0.2, -0.15) is 16.8 Å². The third-order valence-electron chi connectivity index (χ3n) is 1.99. The molecule has 0 heterocycles. The predicted octanol–water partition coefficient (Wildman–Crippen LogP) is -3.70. The predicted molar refractivity (Wildman–Crippen MR) is 86.1 cm³/mol. The Bertz CT molecular complexity index is 377. The minimum atomic E-state index is -4.25. The van der Waals surface area contributed by atoms with Gasteiger partial charge in [0.1, 0.15) is 10.7 Å². The molecule has 0 bridgehead atoms. The standard InChI is InChI=1S/C6H16N2O6S2.4Na.4H/c7-5(15(9,10)11)3-1-2-4-6(8)16(12,13)14;;;;;;;;/h5-6H,1-4,7-8H2,(H,9,10,11)(H,12,13,14);;;;;;;;. The molecule has 0 rings (SSSR count). The fourth-order valence-corrected chi connectivity index (χ4v) is 1.92. The maximum absolute atomic E-state index is 10.5. The molecule has 0 aromatic carbocycles. The summed E-state index contributed by atoms with van der Waals surface area (Å²) >= 11 is 0. The maximum atomic E-state index is 10.5. The molecule has 2 atom stereocenters. The van der Waals surface area contributed by atoms with Crippen LogP contribution in [0.25, 0.3) is 0 Å². The monoisotopic (exact) mass is 372 g/mol. The molecule has 2 unspecified atom stereocenters. The SMILES string of the molecule is NC(CCCCC(N)S(=O)(=O)O)S(=O)(=O)O.[NaH].[NaH].[NaH].[NaH]. The van der Waals surface area contributed by atoms with Crippen molar-refractivity contribution in [2.24, 2.45) is 11.5 Å². The molecule has 0 amide bonds. The van der Waals surface area contributed by atoms with Crippen molar-refractivity contribution >= 4 is 138 Å². The Morgan fingerprint density at radius 2 is 0.900 bits per heavy atom. The van der Waals surface area contributed by atoms with Crippen LogP contribution in [0.1, 0.15) is 25.7 Å². The van der Waals surface area contributed by atoms with E-state index in [4.69, 9.17) is 20.6 Å². The topological polar surface area (TPSA) is 161 Å². The molecule has 0 aliphatic rings. The first-order valence-electron chi connectivity index (χ1n) is 4.49. The second-order valence-corrected chi connectivity index (χ2v) is 6.66. The van der Waals surface area contributed by atoms with E-state index in [-0.39, 0.29) is 144 Å². The fraction of sp³-hybridized carbons (Fsp3) is 1.00. The van der Waals surface area contributed by atoms with E-state index < -0.39 is 31.0 Å². The van der Waals surface area contributed by atoms with Gasteiger partial charge in [0.25, 0.3) is 20.2 Å². The van der Waals surface area contributed by atoms with Gasteiger partial charge in [-0.25, -0.2) is 0 Å². The number of unbranched alkanes of at least 4 members (excludes halogenated alkanes) is 1. The third kappa shape index (κ3) is 18.1. The van der Waals surface area contributed by atoms with Crippen LogP contribution in [0.5, 0.6) is 0 Å². The van der Waals surface area contributed by atoms with Crippen molar-refractivity contribution in [3.8, 4) is 0 Å². The number of hydrogen-bond donors (Lipinski definition) is 4. The zero-order chi connectivity index (χ0) is 13.0. The summed E-state index contributed by atoms with van der Waals surface area (Å²) in [5.74, 6) is 0. The summed E-state index contributed by atoms with van der Waals surface area (Å²) < 4.78 is 59.0. The van der Waals surface area contributed by atoms with Crippen LogP contribution in [0.2, 0.25) is 0 Å². The van der Waals surface area contributed by atoms with Gasteiger partial charge < -0.3 is 11.5 Å². The summed E-state index contributed by atoms with van der Waals surface area (Å²) in [5.41, 5.74) is 10.2. The second-order valence-electron chi connectivity index (χ2n) is 3.39. The molecule has 0 aliphatic heterocycles. The summed E-state index contributed by atoms with van der Waals surface area (Å²) in [4.78, 5) is 0. The van der Waals surface area contributed by atoms with E-state index in [2.05, 4.69) is 0 Å². The molecule has 0 aromatic heterocycles. The van der Waals surface area contributed by atoms with Gasteiger partial charge in [0.2, 0.25) is 0 Å². The van der Waals surface area contributed by atoms with E-state index in [1.165, 1.54) is 0 Å². The average molecular weight is 372 g/mol. The van der Waals surface area contributed by atoms with Gasteiger partial charge in [0.05, 0.1) is 0 Å². The Hall–Kier alpha value is 3.74. The van der Waals surface area contributed by atoms with E-state index in [1.54, 1.807) is 0 Å². The molecule has 8 nitrogen and oxygen atoms in total. The molecule has 0 aliphatic carbocycles. The van der Waals surface area contributed by atoms with Crippen LogP contribution in [0.4, 0.5) is 0 Å². The molecule has 0 fully saturated rings. The minimum absolute atomic E-state index is 0. The summed E-state index contributed by atoms with van der Waals surface area (Å²) in [6.07, 6.45) is 0.558. The Labute approximate surface area is 208 Å². The quantitative estimate of drug-likeness (QED) is 0.202. The van der Waals surface area contributed by atoms with E-state index in [0.717, 1.165) is 0 Å². The molecule has 0 saturated heterocycles. The van der Waals surface area contributed by atoms with Crippen molar-refractivity contribution in [1.82, 2.24) is 0 Å². The van der Waals surface area contributed by atoms with Gasteiger partial charge in [-0.05, 0) is 12.8 Å². The van der Waals surface area contributed by atoms with Crippen molar-refractivity contribution < 1.29 is 25.9 Å². The summed E-state index contributed by atoms with van der Waals surface area (Å²) in [6, 6.07) is 0. The molecule has 14 heteroatoms. The first-order chi connectivity index (χ1) is 7.05. The van der Waals surface area contributed by atoms with Crippen molar-refractivity contribution in [2.75, 3.05) is 0 Å². The first-order valence-corrected chi connectivity index (χ1v) is 7.49. The van der Waals surface area contributed by atoms with Gasteiger partial charge >= 0.3 is 118 Å². The Morgan fingerprint density at radius 1 is 0.700 bits per heavy atom. The Morgan fingerprint density at radius 3 is 1.05 bits per heavy atom. The fourth-order valence-electron chi connectivity index (χ4n) is 0.989. The van der Waals surface area contributed by atoms with E-state index >= 15 is 0 Å². The second kappa shape index (κ2) is 16.2. The van der Waals surface area contributed by atoms with Crippen LogP contribution in [0.15, 0.2) is 0 Å². The van der Waals surface area contributed by atoms with E-state index in [9.17, 15) is 16.8 Å².